The third-order valence-electron chi connectivity index (χ3n) is 4.02. The van der Waals surface area contributed by atoms with E-state index in [1.165, 1.54) is 0 Å². The Kier molecular flexibility index (Phi) is 4.77. The molecule has 1 aromatic heterocycles. The van der Waals surface area contributed by atoms with Crippen LogP contribution < -0.4 is 4.74 Å². The lowest BCUT2D eigenvalue weighted by atomic mass is 10.2. The van der Waals surface area contributed by atoms with Crippen LogP contribution in [0.5, 0.6) is 5.75 Å². The van der Waals surface area contributed by atoms with Gasteiger partial charge in [-0.25, -0.2) is 4.98 Å². The molecular weight excluding hydrogens is 391 g/mol. The van der Waals surface area contributed by atoms with Crippen LogP contribution in [0.4, 0.5) is 0 Å². The summed E-state index contributed by atoms with van der Waals surface area (Å²) in [4.78, 5) is 7.93. The van der Waals surface area contributed by atoms with Gasteiger partial charge in [-0.15, -0.1) is 0 Å². The predicted molar refractivity (Wildman–Crippen MR) is 107 cm³/mol. The van der Waals surface area contributed by atoms with Gasteiger partial charge in [0.15, 0.2) is 0 Å². The standard InChI is InChI=1S/C20H13Cl3N2O/c21-12-8-9-19(26-11-14-15(22)4-3-5-16(14)23)13(10-12)20-24-17-6-1-2-7-18(17)25-20/h1-10H,11H2,(H,24,25). The summed E-state index contributed by atoms with van der Waals surface area (Å²) in [7, 11) is 0. The van der Waals surface area contributed by atoms with Gasteiger partial charge < -0.3 is 9.72 Å². The molecule has 0 aliphatic heterocycles. The van der Waals surface area contributed by atoms with Crippen molar-refractivity contribution < 1.29 is 4.74 Å². The maximum atomic E-state index is 6.23. The summed E-state index contributed by atoms with van der Waals surface area (Å²) in [6, 6.07) is 18.6. The molecule has 0 saturated carbocycles. The molecule has 0 spiro atoms. The first kappa shape index (κ1) is 17.2. The minimum atomic E-state index is 0.243. The van der Waals surface area contributed by atoms with E-state index in [1.807, 2.05) is 36.4 Å². The largest absolute Gasteiger partial charge is 0.488 e. The molecular formula is C20H13Cl3N2O. The monoisotopic (exact) mass is 402 g/mol. The Labute approximate surface area is 165 Å². The van der Waals surface area contributed by atoms with Gasteiger partial charge in [-0.2, -0.15) is 0 Å². The molecule has 130 valence electrons. The summed E-state index contributed by atoms with van der Waals surface area (Å²) in [5, 5.41) is 1.73. The molecule has 3 aromatic carbocycles. The number of rotatable bonds is 4. The highest BCUT2D eigenvalue weighted by atomic mass is 35.5. The van der Waals surface area contributed by atoms with E-state index in [1.54, 1.807) is 24.3 Å². The molecule has 0 unspecified atom stereocenters. The fourth-order valence-corrected chi connectivity index (χ4v) is 3.39. The maximum absolute atomic E-state index is 6.23. The Hall–Kier alpha value is -2.20. The van der Waals surface area contributed by atoms with E-state index in [-0.39, 0.29) is 6.61 Å². The molecule has 6 heteroatoms. The molecule has 4 aromatic rings. The van der Waals surface area contributed by atoms with Crippen molar-refractivity contribution in [3.8, 4) is 17.1 Å². The number of ether oxygens (including phenoxy) is 1. The van der Waals surface area contributed by atoms with Crippen molar-refractivity contribution in [2.75, 3.05) is 0 Å². The van der Waals surface area contributed by atoms with E-state index >= 15 is 0 Å². The number of aromatic amines is 1. The Balaban J connectivity index is 1.71. The number of nitrogens with zero attached hydrogens (tertiary/aromatic N) is 1. The van der Waals surface area contributed by atoms with Crippen LogP contribution in [0.1, 0.15) is 5.56 Å². The highest BCUT2D eigenvalue weighted by Gasteiger charge is 2.13. The van der Waals surface area contributed by atoms with Crippen LogP contribution in [-0.4, -0.2) is 9.97 Å². The zero-order chi connectivity index (χ0) is 18.1. The fourth-order valence-electron chi connectivity index (χ4n) is 2.71. The molecule has 1 heterocycles. The third-order valence-corrected chi connectivity index (χ3v) is 4.96. The number of halogens is 3. The number of benzene rings is 3. The second-order valence-corrected chi connectivity index (χ2v) is 6.98. The second kappa shape index (κ2) is 7.20. The molecule has 3 nitrogen and oxygen atoms in total. The molecule has 0 bridgehead atoms. The molecule has 26 heavy (non-hydrogen) atoms. The summed E-state index contributed by atoms with van der Waals surface area (Å²) in [5.41, 5.74) is 3.34. The van der Waals surface area contributed by atoms with Gasteiger partial charge in [-0.05, 0) is 42.5 Å². The van der Waals surface area contributed by atoms with Gasteiger partial charge in [0.1, 0.15) is 18.2 Å². The number of hydrogen-bond acceptors (Lipinski definition) is 2. The predicted octanol–water partition coefficient (Wildman–Crippen LogP) is 6.77. The quantitative estimate of drug-likeness (QED) is 0.408. The topological polar surface area (TPSA) is 37.9 Å². The number of fused-ring (bicyclic) bond motifs is 1. The lowest BCUT2D eigenvalue weighted by Crippen LogP contribution is -1.99. The number of aromatic nitrogens is 2. The smallest absolute Gasteiger partial charge is 0.142 e. The molecule has 0 amide bonds. The van der Waals surface area contributed by atoms with Gasteiger partial charge >= 0.3 is 0 Å². The summed E-state index contributed by atoms with van der Waals surface area (Å²) < 4.78 is 6.00. The van der Waals surface area contributed by atoms with Crippen LogP contribution >= 0.6 is 34.8 Å². The number of hydrogen-bond donors (Lipinski definition) is 1. The lowest BCUT2D eigenvalue weighted by Gasteiger charge is -2.12. The molecule has 0 fully saturated rings. The van der Waals surface area contributed by atoms with E-state index in [9.17, 15) is 0 Å². The molecule has 1 N–H and O–H groups in total. The SMILES string of the molecule is Clc1ccc(OCc2c(Cl)cccc2Cl)c(-c2nc3ccccc3[nH]2)c1. The van der Waals surface area contributed by atoms with Crippen molar-refractivity contribution in [3.63, 3.8) is 0 Å². The molecule has 0 saturated heterocycles. The van der Waals surface area contributed by atoms with E-state index < -0.39 is 0 Å². The highest BCUT2D eigenvalue weighted by Crippen LogP contribution is 2.34. The van der Waals surface area contributed by atoms with E-state index in [2.05, 4.69) is 9.97 Å². The minimum absolute atomic E-state index is 0.243. The van der Waals surface area contributed by atoms with E-state index in [0.29, 0.717) is 26.6 Å². The van der Waals surface area contributed by atoms with Gasteiger partial charge in [0.25, 0.3) is 0 Å². The van der Waals surface area contributed by atoms with Crippen molar-refractivity contribution in [3.05, 3.63) is 81.3 Å². The van der Waals surface area contributed by atoms with Crippen LogP contribution in [0.25, 0.3) is 22.4 Å². The first-order valence-electron chi connectivity index (χ1n) is 7.92. The summed E-state index contributed by atoms with van der Waals surface area (Å²) in [5.74, 6) is 1.33. The Bertz CT molecular complexity index is 1040. The van der Waals surface area contributed by atoms with Crippen LogP contribution in [-0.2, 0) is 6.61 Å². The second-order valence-electron chi connectivity index (χ2n) is 5.73. The molecule has 0 atom stereocenters. The molecule has 0 aliphatic carbocycles. The first-order valence-corrected chi connectivity index (χ1v) is 9.05. The van der Waals surface area contributed by atoms with Gasteiger partial charge in [0.05, 0.1) is 16.6 Å². The van der Waals surface area contributed by atoms with Crippen molar-refractivity contribution in [2.45, 2.75) is 6.61 Å². The third kappa shape index (κ3) is 3.38. The summed E-state index contributed by atoms with van der Waals surface area (Å²) in [6.07, 6.45) is 0. The number of para-hydroxylation sites is 2. The normalized spacial score (nSPS) is 11.0. The van der Waals surface area contributed by atoms with Crippen molar-refractivity contribution in [1.29, 1.82) is 0 Å². The summed E-state index contributed by atoms with van der Waals surface area (Å²) >= 11 is 18.6. The molecule has 4 rings (SSSR count). The van der Waals surface area contributed by atoms with Crippen LogP contribution in [0.3, 0.4) is 0 Å². The molecule has 0 aliphatic rings. The van der Waals surface area contributed by atoms with Crippen LogP contribution in [0, 0.1) is 0 Å². The van der Waals surface area contributed by atoms with Gasteiger partial charge in [-0.1, -0.05) is 53.0 Å². The lowest BCUT2D eigenvalue weighted by molar-refractivity contribution is 0.307. The zero-order valence-corrected chi connectivity index (χ0v) is 15.7. The minimum Gasteiger partial charge on any atom is -0.488 e. The number of H-pyrrole nitrogens is 1. The van der Waals surface area contributed by atoms with Crippen molar-refractivity contribution >= 4 is 45.8 Å². The van der Waals surface area contributed by atoms with Gasteiger partial charge in [-0.3, -0.25) is 0 Å². The Morgan fingerprint density at radius 3 is 2.42 bits per heavy atom. The first-order chi connectivity index (χ1) is 12.6. The van der Waals surface area contributed by atoms with Crippen molar-refractivity contribution in [2.24, 2.45) is 0 Å². The number of nitrogens with one attached hydrogen (secondary N) is 1. The Morgan fingerprint density at radius 1 is 0.885 bits per heavy atom. The molecule has 0 radical (unpaired) electrons. The van der Waals surface area contributed by atoms with Gasteiger partial charge in [0, 0.05) is 20.6 Å². The van der Waals surface area contributed by atoms with Crippen LogP contribution in [0.15, 0.2) is 60.7 Å². The van der Waals surface area contributed by atoms with Crippen LogP contribution in [0.2, 0.25) is 15.1 Å². The summed E-state index contributed by atoms with van der Waals surface area (Å²) in [6.45, 7) is 0.243. The van der Waals surface area contributed by atoms with Gasteiger partial charge in [0.2, 0.25) is 0 Å². The highest BCUT2D eigenvalue weighted by molar-refractivity contribution is 6.36. The Morgan fingerprint density at radius 2 is 1.65 bits per heavy atom. The maximum Gasteiger partial charge on any atom is 0.142 e. The number of imidazole rings is 1. The van der Waals surface area contributed by atoms with Crippen molar-refractivity contribution in [1.82, 2.24) is 9.97 Å². The average molecular weight is 404 g/mol. The fraction of sp³-hybridized carbons (Fsp3) is 0.0500. The average Bonchev–Trinajstić information content (AvgIpc) is 3.06. The van der Waals surface area contributed by atoms with E-state index in [4.69, 9.17) is 39.5 Å². The van der Waals surface area contributed by atoms with E-state index in [0.717, 1.165) is 22.2 Å². The zero-order valence-electron chi connectivity index (χ0n) is 13.5.